The van der Waals surface area contributed by atoms with E-state index in [1.807, 2.05) is 60.7 Å². The van der Waals surface area contributed by atoms with Crippen LogP contribution in [0.2, 0.25) is 0 Å². The van der Waals surface area contributed by atoms with Crippen LogP contribution in [0.15, 0.2) is 89.9 Å². The van der Waals surface area contributed by atoms with Crippen molar-refractivity contribution in [2.24, 2.45) is 4.99 Å². The summed E-state index contributed by atoms with van der Waals surface area (Å²) in [5, 5.41) is 14.1. The number of anilines is 1. The number of aldehydes is 1. The summed E-state index contributed by atoms with van der Waals surface area (Å²) in [5.41, 5.74) is 3.08. The second-order valence-electron chi connectivity index (χ2n) is 9.15. The predicted molar refractivity (Wildman–Crippen MR) is 148 cm³/mol. The number of aliphatic imine (C=N–C) groups is 1. The Hall–Kier alpha value is -5.12. The molecular formula is C30H28N4O6. The molecule has 40 heavy (non-hydrogen) atoms. The van der Waals surface area contributed by atoms with E-state index in [1.54, 1.807) is 24.3 Å². The van der Waals surface area contributed by atoms with Gasteiger partial charge in [0.2, 0.25) is 18.0 Å². The van der Waals surface area contributed by atoms with E-state index < -0.39 is 48.9 Å². The average molecular weight is 541 g/mol. The summed E-state index contributed by atoms with van der Waals surface area (Å²) in [6.07, 6.45) is -1.02. The first kappa shape index (κ1) is 27.9. The number of aliphatic carboxylic acids is 1. The third kappa shape index (κ3) is 7.04. The van der Waals surface area contributed by atoms with Gasteiger partial charge in [-0.1, -0.05) is 78.9 Å². The standard InChI is InChI=1S/C30H28N4O6/c35-19-22(17-27(38)39)31-26(37)18-34-24-14-8-7-13-23(24)28(21-11-5-2-6-12-21)33-29(30(34)40)32-25(36)16-15-20-9-3-1-4-10-20/h1-14,19,22,29H,15-18H2,(H,31,37)(H,32,36)(H,38,39)/t22-,29?/m0/s1. The molecular weight excluding hydrogens is 512 g/mol. The molecule has 0 spiro atoms. The highest BCUT2D eigenvalue weighted by Crippen LogP contribution is 2.28. The topological polar surface area (TPSA) is 145 Å². The fraction of sp³-hybridized carbons (Fsp3) is 0.200. The van der Waals surface area contributed by atoms with E-state index in [-0.39, 0.29) is 6.42 Å². The van der Waals surface area contributed by atoms with E-state index in [0.717, 1.165) is 5.56 Å². The van der Waals surface area contributed by atoms with Gasteiger partial charge in [0.05, 0.1) is 23.9 Å². The van der Waals surface area contributed by atoms with Gasteiger partial charge in [0, 0.05) is 17.5 Å². The zero-order valence-corrected chi connectivity index (χ0v) is 21.5. The zero-order chi connectivity index (χ0) is 28.5. The van der Waals surface area contributed by atoms with Crippen LogP contribution >= 0.6 is 0 Å². The van der Waals surface area contributed by atoms with Crippen molar-refractivity contribution in [3.05, 3.63) is 102 Å². The minimum absolute atomic E-state index is 0.119. The third-order valence-electron chi connectivity index (χ3n) is 6.24. The lowest BCUT2D eigenvalue weighted by Crippen LogP contribution is -2.51. The van der Waals surface area contributed by atoms with Crippen molar-refractivity contribution in [2.45, 2.75) is 31.5 Å². The van der Waals surface area contributed by atoms with Crippen LogP contribution in [-0.2, 0) is 30.4 Å². The fourth-order valence-electron chi connectivity index (χ4n) is 4.36. The normalized spacial score (nSPS) is 15.2. The number of fused-ring (bicyclic) bond motifs is 1. The molecule has 204 valence electrons. The smallest absolute Gasteiger partial charge is 0.305 e. The molecule has 0 aliphatic carbocycles. The highest BCUT2D eigenvalue weighted by atomic mass is 16.4. The minimum Gasteiger partial charge on any atom is -0.481 e. The van der Waals surface area contributed by atoms with E-state index in [1.165, 1.54) is 4.90 Å². The van der Waals surface area contributed by atoms with E-state index in [2.05, 4.69) is 15.6 Å². The second-order valence-corrected chi connectivity index (χ2v) is 9.15. The molecule has 3 aromatic carbocycles. The van der Waals surface area contributed by atoms with Crippen LogP contribution in [0.1, 0.15) is 29.5 Å². The molecule has 3 aromatic rings. The molecule has 10 heteroatoms. The maximum atomic E-state index is 13.8. The first-order chi connectivity index (χ1) is 19.4. The Kier molecular flexibility index (Phi) is 9.14. The maximum absolute atomic E-state index is 13.8. The molecule has 0 saturated carbocycles. The van der Waals surface area contributed by atoms with Gasteiger partial charge in [-0.2, -0.15) is 0 Å². The lowest BCUT2D eigenvalue weighted by Gasteiger charge is -2.25. The maximum Gasteiger partial charge on any atom is 0.305 e. The summed E-state index contributed by atoms with van der Waals surface area (Å²) < 4.78 is 0. The number of para-hydroxylation sites is 1. The van der Waals surface area contributed by atoms with Crippen LogP contribution in [0, 0.1) is 0 Å². The highest BCUT2D eigenvalue weighted by Gasteiger charge is 2.34. The number of rotatable bonds is 11. The molecule has 3 N–H and O–H groups in total. The summed E-state index contributed by atoms with van der Waals surface area (Å²) in [4.78, 5) is 67.8. The Morgan fingerprint density at radius 1 is 0.925 bits per heavy atom. The Labute approximate surface area is 230 Å². The van der Waals surface area contributed by atoms with Gasteiger partial charge >= 0.3 is 5.97 Å². The van der Waals surface area contributed by atoms with Crippen molar-refractivity contribution in [3.8, 4) is 0 Å². The Morgan fingerprint density at radius 2 is 1.57 bits per heavy atom. The van der Waals surface area contributed by atoms with Crippen molar-refractivity contribution < 1.29 is 29.1 Å². The van der Waals surface area contributed by atoms with Crippen molar-refractivity contribution in [2.75, 3.05) is 11.4 Å². The van der Waals surface area contributed by atoms with Crippen molar-refractivity contribution in [3.63, 3.8) is 0 Å². The van der Waals surface area contributed by atoms with Gasteiger partial charge in [0.15, 0.2) is 0 Å². The first-order valence-electron chi connectivity index (χ1n) is 12.7. The van der Waals surface area contributed by atoms with Gasteiger partial charge in [0.1, 0.15) is 12.8 Å². The number of hydrogen-bond donors (Lipinski definition) is 3. The van der Waals surface area contributed by atoms with Gasteiger partial charge in [-0.05, 0) is 18.1 Å². The van der Waals surface area contributed by atoms with Crippen LogP contribution in [0.3, 0.4) is 0 Å². The molecule has 0 bridgehead atoms. The molecule has 2 atom stereocenters. The van der Waals surface area contributed by atoms with E-state index >= 15 is 0 Å². The summed E-state index contributed by atoms with van der Waals surface area (Å²) in [5.74, 6) is -3.04. The number of carbonyl (C=O) groups excluding carboxylic acids is 4. The van der Waals surface area contributed by atoms with Crippen LogP contribution in [0.5, 0.6) is 0 Å². The van der Waals surface area contributed by atoms with Crippen molar-refractivity contribution in [1.82, 2.24) is 10.6 Å². The number of carbonyl (C=O) groups is 5. The molecule has 0 aromatic heterocycles. The van der Waals surface area contributed by atoms with Crippen LogP contribution in [-0.4, -0.2) is 59.5 Å². The number of hydrogen-bond acceptors (Lipinski definition) is 6. The van der Waals surface area contributed by atoms with Crippen molar-refractivity contribution >= 4 is 41.4 Å². The molecule has 1 aliphatic rings. The van der Waals surface area contributed by atoms with Crippen LogP contribution in [0.4, 0.5) is 5.69 Å². The monoisotopic (exact) mass is 540 g/mol. The van der Waals surface area contributed by atoms with Crippen LogP contribution < -0.4 is 15.5 Å². The average Bonchev–Trinajstić information content (AvgIpc) is 3.07. The van der Waals surface area contributed by atoms with Crippen LogP contribution in [0.25, 0.3) is 0 Å². The number of benzene rings is 3. The predicted octanol–water partition coefficient (Wildman–Crippen LogP) is 2.10. The molecule has 1 aliphatic heterocycles. The second kappa shape index (κ2) is 13.1. The number of amides is 3. The largest absolute Gasteiger partial charge is 0.481 e. The van der Waals surface area contributed by atoms with E-state index in [4.69, 9.17) is 5.11 Å². The molecule has 0 saturated heterocycles. The first-order valence-corrected chi connectivity index (χ1v) is 12.7. The van der Waals surface area contributed by atoms with E-state index in [0.29, 0.717) is 35.2 Å². The van der Waals surface area contributed by atoms with Gasteiger partial charge < -0.3 is 20.5 Å². The zero-order valence-electron chi connectivity index (χ0n) is 21.5. The minimum atomic E-state index is -1.33. The summed E-state index contributed by atoms with van der Waals surface area (Å²) in [6.45, 7) is -0.520. The number of carboxylic acids is 1. The van der Waals surface area contributed by atoms with Crippen molar-refractivity contribution in [1.29, 1.82) is 0 Å². The SMILES string of the molecule is O=C[C@H](CC(=O)O)NC(=O)CN1C(=O)C(NC(=O)CCc2ccccc2)N=C(c2ccccc2)c2ccccc21. The Bertz CT molecular complexity index is 1420. The number of carboxylic acid groups (broad SMARTS) is 1. The molecule has 1 heterocycles. The van der Waals surface area contributed by atoms with Gasteiger partial charge in [-0.15, -0.1) is 0 Å². The summed E-state index contributed by atoms with van der Waals surface area (Å²) in [6, 6.07) is 24.3. The molecule has 4 rings (SSSR count). The fourth-order valence-corrected chi connectivity index (χ4v) is 4.36. The third-order valence-corrected chi connectivity index (χ3v) is 6.24. The highest BCUT2D eigenvalue weighted by molar-refractivity contribution is 6.21. The van der Waals surface area contributed by atoms with Gasteiger partial charge in [-0.3, -0.25) is 24.1 Å². The van der Waals surface area contributed by atoms with Gasteiger partial charge in [0.25, 0.3) is 5.91 Å². The molecule has 0 fully saturated rings. The number of nitrogens with one attached hydrogen (secondary N) is 2. The van der Waals surface area contributed by atoms with Gasteiger partial charge in [-0.25, -0.2) is 4.99 Å². The Balaban J connectivity index is 1.65. The summed E-state index contributed by atoms with van der Waals surface area (Å²) >= 11 is 0. The van der Waals surface area contributed by atoms with E-state index in [9.17, 15) is 24.0 Å². The number of nitrogens with zero attached hydrogens (tertiary/aromatic N) is 2. The quantitative estimate of drug-likeness (QED) is 0.318. The molecule has 3 amide bonds. The lowest BCUT2D eigenvalue weighted by atomic mass is 10.0. The number of aryl methyl sites for hydroxylation is 1. The summed E-state index contributed by atoms with van der Waals surface area (Å²) in [7, 11) is 0. The number of benzodiazepines with no additional fused rings is 1. The molecule has 0 radical (unpaired) electrons. The molecule has 10 nitrogen and oxygen atoms in total. The Morgan fingerprint density at radius 3 is 2.25 bits per heavy atom. The molecule has 1 unspecified atom stereocenters. The lowest BCUT2D eigenvalue weighted by molar-refractivity contribution is -0.138.